The van der Waals surface area contributed by atoms with E-state index in [9.17, 15) is 18.0 Å². The fraction of sp³-hybridized carbons (Fsp3) is 0.778. The topological polar surface area (TPSA) is 83.6 Å². The molecule has 2 amide bonds. The molecule has 2 fully saturated rings. The summed E-state index contributed by atoms with van der Waals surface area (Å²) in [5.41, 5.74) is 0. The number of piperazine rings is 1. The van der Waals surface area contributed by atoms with E-state index in [0.29, 0.717) is 19.5 Å². The normalized spacial score (nSPS) is 28.9. The Kier molecular flexibility index (Phi) is 2.88. The quantitative estimate of drug-likeness (QED) is 0.602. The molecule has 90 valence electrons. The van der Waals surface area contributed by atoms with Crippen molar-refractivity contribution >= 4 is 21.7 Å². The van der Waals surface area contributed by atoms with Crippen molar-refractivity contribution in [3.63, 3.8) is 0 Å². The highest BCUT2D eigenvalue weighted by Crippen LogP contribution is 2.20. The van der Waals surface area contributed by atoms with E-state index in [1.54, 1.807) is 0 Å². The number of nitrogens with zero attached hydrogens (tertiary/aromatic N) is 1. The van der Waals surface area contributed by atoms with Crippen LogP contribution in [0.5, 0.6) is 0 Å². The Morgan fingerprint density at radius 3 is 2.75 bits per heavy atom. The van der Waals surface area contributed by atoms with Crippen molar-refractivity contribution in [3.8, 4) is 0 Å². The highest BCUT2D eigenvalue weighted by atomic mass is 32.2. The van der Waals surface area contributed by atoms with Gasteiger partial charge in [0.05, 0.1) is 24.0 Å². The van der Waals surface area contributed by atoms with Crippen LogP contribution in [-0.2, 0) is 19.4 Å². The second-order valence-corrected chi connectivity index (χ2v) is 6.44. The van der Waals surface area contributed by atoms with Crippen molar-refractivity contribution in [2.75, 3.05) is 31.1 Å². The molecular formula is C9H14N2O4S. The van der Waals surface area contributed by atoms with Crippen LogP contribution in [0.4, 0.5) is 0 Å². The van der Waals surface area contributed by atoms with E-state index in [1.165, 1.54) is 4.90 Å². The standard InChI is InChI=1S/C9H14N2O4S/c12-8-5-11(3-2-10-8)9(13)7-1-4-16(14,15)6-7/h7H,1-6H2,(H,10,12). The van der Waals surface area contributed by atoms with E-state index >= 15 is 0 Å². The summed E-state index contributed by atoms with van der Waals surface area (Å²) in [6.45, 7) is 0.973. The van der Waals surface area contributed by atoms with Crippen molar-refractivity contribution in [3.05, 3.63) is 0 Å². The Labute approximate surface area is 93.9 Å². The van der Waals surface area contributed by atoms with Crippen molar-refractivity contribution < 1.29 is 18.0 Å². The van der Waals surface area contributed by atoms with E-state index in [2.05, 4.69) is 5.32 Å². The number of carbonyl (C=O) groups is 2. The van der Waals surface area contributed by atoms with E-state index in [1.807, 2.05) is 0 Å². The smallest absolute Gasteiger partial charge is 0.239 e. The lowest BCUT2D eigenvalue weighted by molar-refractivity contribution is -0.140. The molecule has 0 bridgehead atoms. The van der Waals surface area contributed by atoms with Crippen LogP contribution in [0.15, 0.2) is 0 Å². The van der Waals surface area contributed by atoms with Crippen molar-refractivity contribution in [2.45, 2.75) is 6.42 Å². The SMILES string of the molecule is O=C1CN(C(=O)C2CCS(=O)(=O)C2)CCN1. The molecule has 6 nitrogen and oxygen atoms in total. The molecule has 2 saturated heterocycles. The molecule has 0 aliphatic carbocycles. The minimum Gasteiger partial charge on any atom is -0.353 e. The van der Waals surface area contributed by atoms with Crippen molar-refractivity contribution in [1.29, 1.82) is 0 Å². The lowest BCUT2D eigenvalue weighted by atomic mass is 10.1. The zero-order chi connectivity index (χ0) is 11.8. The van der Waals surface area contributed by atoms with Gasteiger partial charge in [-0.2, -0.15) is 0 Å². The number of hydrogen-bond acceptors (Lipinski definition) is 4. The molecule has 2 rings (SSSR count). The monoisotopic (exact) mass is 246 g/mol. The van der Waals surface area contributed by atoms with Crippen LogP contribution in [0.25, 0.3) is 0 Å². The average molecular weight is 246 g/mol. The second-order valence-electron chi connectivity index (χ2n) is 4.21. The molecule has 7 heteroatoms. The third kappa shape index (κ3) is 2.34. The van der Waals surface area contributed by atoms with Crippen LogP contribution >= 0.6 is 0 Å². The molecule has 1 N–H and O–H groups in total. The first-order valence-corrected chi connectivity index (χ1v) is 7.06. The molecule has 0 spiro atoms. The zero-order valence-electron chi connectivity index (χ0n) is 8.81. The summed E-state index contributed by atoms with van der Waals surface area (Å²) >= 11 is 0. The van der Waals surface area contributed by atoms with Gasteiger partial charge in [0, 0.05) is 13.1 Å². The number of sulfone groups is 1. The molecule has 1 unspecified atom stereocenters. The summed E-state index contributed by atoms with van der Waals surface area (Å²) in [5, 5.41) is 2.62. The predicted octanol–water partition coefficient (Wildman–Crippen LogP) is -1.62. The number of carbonyl (C=O) groups excluding carboxylic acids is 2. The number of amides is 2. The third-order valence-corrected chi connectivity index (χ3v) is 4.70. The highest BCUT2D eigenvalue weighted by Gasteiger charge is 2.36. The van der Waals surface area contributed by atoms with Gasteiger partial charge in [0.2, 0.25) is 11.8 Å². The molecular weight excluding hydrogens is 232 g/mol. The van der Waals surface area contributed by atoms with Gasteiger partial charge in [0.15, 0.2) is 9.84 Å². The first kappa shape index (κ1) is 11.4. The lowest BCUT2D eigenvalue weighted by Crippen LogP contribution is -2.51. The largest absolute Gasteiger partial charge is 0.353 e. The van der Waals surface area contributed by atoms with Crippen LogP contribution in [0.1, 0.15) is 6.42 Å². The van der Waals surface area contributed by atoms with Gasteiger partial charge in [-0.25, -0.2) is 8.42 Å². The van der Waals surface area contributed by atoms with E-state index < -0.39 is 15.8 Å². The van der Waals surface area contributed by atoms with Gasteiger partial charge >= 0.3 is 0 Å². The van der Waals surface area contributed by atoms with Crippen LogP contribution in [-0.4, -0.2) is 56.3 Å². The zero-order valence-corrected chi connectivity index (χ0v) is 9.62. The molecule has 0 aromatic heterocycles. The molecule has 2 aliphatic rings. The van der Waals surface area contributed by atoms with Crippen LogP contribution in [0, 0.1) is 5.92 Å². The summed E-state index contributed by atoms with van der Waals surface area (Å²) in [6, 6.07) is 0. The van der Waals surface area contributed by atoms with Gasteiger partial charge in [-0.15, -0.1) is 0 Å². The Morgan fingerprint density at radius 2 is 2.19 bits per heavy atom. The summed E-state index contributed by atoms with van der Waals surface area (Å²) in [6.07, 6.45) is 0.388. The van der Waals surface area contributed by atoms with E-state index in [4.69, 9.17) is 0 Å². The molecule has 2 heterocycles. The van der Waals surface area contributed by atoms with Gasteiger partial charge in [-0.3, -0.25) is 9.59 Å². The number of hydrogen-bond donors (Lipinski definition) is 1. The second kappa shape index (κ2) is 4.04. The Hall–Kier alpha value is -1.11. The van der Waals surface area contributed by atoms with E-state index in [0.717, 1.165) is 0 Å². The fourth-order valence-electron chi connectivity index (χ4n) is 2.07. The first-order valence-electron chi connectivity index (χ1n) is 5.24. The summed E-state index contributed by atoms with van der Waals surface area (Å²) in [7, 11) is -3.04. The van der Waals surface area contributed by atoms with Crippen LogP contribution in [0.3, 0.4) is 0 Å². The minimum atomic E-state index is -3.04. The molecule has 1 atom stereocenters. The average Bonchev–Trinajstić information content (AvgIpc) is 2.58. The van der Waals surface area contributed by atoms with Crippen molar-refractivity contribution in [2.24, 2.45) is 5.92 Å². The third-order valence-electron chi connectivity index (χ3n) is 2.93. The molecule has 0 radical (unpaired) electrons. The van der Waals surface area contributed by atoms with Gasteiger partial charge in [-0.1, -0.05) is 0 Å². The first-order chi connectivity index (χ1) is 7.48. The van der Waals surface area contributed by atoms with E-state index in [-0.39, 0.29) is 29.9 Å². The van der Waals surface area contributed by atoms with Crippen LogP contribution in [0.2, 0.25) is 0 Å². The molecule has 0 aromatic carbocycles. The van der Waals surface area contributed by atoms with Gasteiger partial charge < -0.3 is 10.2 Å². The maximum absolute atomic E-state index is 11.9. The minimum absolute atomic E-state index is 0.0510. The maximum Gasteiger partial charge on any atom is 0.239 e. The summed E-state index contributed by atoms with van der Waals surface area (Å²) in [4.78, 5) is 24.5. The Morgan fingerprint density at radius 1 is 1.44 bits per heavy atom. The fourth-order valence-corrected chi connectivity index (χ4v) is 3.81. The molecule has 0 aromatic rings. The van der Waals surface area contributed by atoms with Crippen molar-refractivity contribution in [1.82, 2.24) is 10.2 Å². The predicted molar refractivity (Wildman–Crippen MR) is 56.4 cm³/mol. The van der Waals surface area contributed by atoms with Gasteiger partial charge in [0.25, 0.3) is 0 Å². The van der Waals surface area contributed by atoms with Gasteiger partial charge in [-0.05, 0) is 6.42 Å². The summed E-state index contributed by atoms with van der Waals surface area (Å²) < 4.78 is 22.5. The highest BCUT2D eigenvalue weighted by molar-refractivity contribution is 7.91. The molecule has 16 heavy (non-hydrogen) atoms. The maximum atomic E-state index is 11.9. The number of nitrogens with one attached hydrogen (secondary N) is 1. The van der Waals surface area contributed by atoms with Crippen LogP contribution < -0.4 is 5.32 Å². The number of rotatable bonds is 1. The Bertz CT molecular complexity index is 417. The molecule has 0 saturated carbocycles. The van der Waals surface area contributed by atoms with Gasteiger partial charge in [0.1, 0.15) is 0 Å². The lowest BCUT2D eigenvalue weighted by Gasteiger charge is -2.28. The molecule has 2 aliphatic heterocycles. The Balaban J connectivity index is 2.00. The summed E-state index contributed by atoms with van der Waals surface area (Å²) in [5.74, 6) is -0.805.